The Labute approximate surface area is 138 Å². The molecule has 0 spiro atoms. The Bertz CT molecular complexity index is 444. The van der Waals surface area contributed by atoms with E-state index < -0.39 is 0 Å². The molecule has 0 aromatic heterocycles. The second-order valence-corrected chi connectivity index (χ2v) is 5.47. The van der Waals surface area contributed by atoms with Gasteiger partial charge in [-0.15, -0.1) is 12.4 Å². The molecular weight excluding hydrogens is 304 g/mol. The van der Waals surface area contributed by atoms with E-state index in [0.29, 0.717) is 19.8 Å². The lowest BCUT2D eigenvalue weighted by atomic mass is 10.2. The molecule has 0 aliphatic carbocycles. The quantitative estimate of drug-likeness (QED) is 0.798. The lowest BCUT2D eigenvalue weighted by molar-refractivity contribution is -0.132. The van der Waals surface area contributed by atoms with Gasteiger partial charge in [-0.2, -0.15) is 0 Å². The fourth-order valence-corrected chi connectivity index (χ4v) is 2.38. The number of amides is 1. The van der Waals surface area contributed by atoms with Gasteiger partial charge in [0, 0.05) is 12.6 Å². The molecule has 3 atom stereocenters. The zero-order chi connectivity index (χ0) is 15.1. The van der Waals surface area contributed by atoms with Gasteiger partial charge in [-0.25, -0.2) is 0 Å². The Kier molecular flexibility index (Phi) is 8.42. The van der Waals surface area contributed by atoms with Crippen LogP contribution >= 0.6 is 12.4 Å². The van der Waals surface area contributed by atoms with Crippen LogP contribution in [0.3, 0.4) is 0 Å². The van der Waals surface area contributed by atoms with Crippen LogP contribution in [0.15, 0.2) is 30.3 Å². The van der Waals surface area contributed by atoms with Crippen LogP contribution in [0.1, 0.15) is 25.3 Å². The van der Waals surface area contributed by atoms with Gasteiger partial charge in [-0.1, -0.05) is 30.3 Å². The first-order valence-corrected chi connectivity index (χ1v) is 7.46. The van der Waals surface area contributed by atoms with E-state index in [2.05, 4.69) is 5.32 Å². The molecule has 1 saturated heterocycles. The van der Waals surface area contributed by atoms with E-state index in [1.807, 2.05) is 37.3 Å². The van der Waals surface area contributed by atoms with Gasteiger partial charge in [0.05, 0.1) is 19.3 Å². The van der Waals surface area contributed by atoms with Crippen molar-refractivity contribution in [3.63, 3.8) is 0 Å². The maximum atomic E-state index is 12.0. The minimum absolute atomic E-state index is 0. The van der Waals surface area contributed by atoms with Crippen molar-refractivity contribution in [2.24, 2.45) is 5.73 Å². The van der Waals surface area contributed by atoms with Gasteiger partial charge in [0.1, 0.15) is 6.10 Å². The first-order valence-electron chi connectivity index (χ1n) is 7.46. The Morgan fingerprint density at radius 3 is 2.77 bits per heavy atom. The molecular formula is C16H25ClN2O3. The molecule has 1 aromatic rings. The number of nitrogens with two attached hydrogens (primary N) is 1. The second kappa shape index (κ2) is 9.79. The zero-order valence-electron chi connectivity index (χ0n) is 12.9. The van der Waals surface area contributed by atoms with Crippen LogP contribution < -0.4 is 11.1 Å². The molecule has 0 bridgehead atoms. The summed E-state index contributed by atoms with van der Waals surface area (Å²) in [6, 6.07) is 9.93. The molecule has 1 amide bonds. The summed E-state index contributed by atoms with van der Waals surface area (Å²) in [7, 11) is 0. The average molecular weight is 329 g/mol. The van der Waals surface area contributed by atoms with Gasteiger partial charge in [-0.3, -0.25) is 4.79 Å². The van der Waals surface area contributed by atoms with Crippen LogP contribution in [-0.2, 0) is 20.9 Å². The number of hydrogen-bond acceptors (Lipinski definition) is 4. The minimum atomic E-state index is -0.366. The molecule has 22 heavy (non-hydrogen) atoms. The molecule has 3 N–H and O–H groups in total. The summed E-state index contributed by atoms with van der Waals surface area (Å²) in [6.45, 7) is 3.43. The molecule has 1 fully saturated rings. The summed E-state index contributed by atoms with van der Waals surface area (Å²) in [5, 5.41) is 2.92. The van der Waals surface area contributed by atoms with E-state index >= 15 is 0 Å². The van der Waals surface area contributed by atoms with Crippen molar-refractivity contribution in [3.8, 4) is 0 Å². The first kappa shape index (κ1) is 18.9. The number of halogens is 1. The topological polar surface area (TPSA) is 73.6 Å². The van der Waals surface area contributed by atoms with E-state index in [4.69, 9.17) is 15.2 Å². The van der Waals surface area contributed by atoms with Gasteiger partial charge in [0.2, 0.25) is 5.91 Å². The van der Waals surface area contributed by atoms with Crippen molar-refractivity contribution < 1.29 is 14.3 Å². The van der Waals surface area contributed by atoms with Gasteiger partial charge in [0.25, 0.3) is 0 Å². The predicted octanol–water partition coefficient (Wildman–Crippen LogP) is 1.64. The summed E-state index contributed by atoms with van der Waals surface area (Å²) < 4.78 is 11.2. The van der Waals surface area contributed by atoms with E-state index in [1.165, 1.54) is 0 Å². The number of carbonyl (C=O) groups is 1. The SMILES string of the molecule is CC(COCc1ccccc1)NC(=O)[C@@H]1CC[C@H](CN)O1.Cl. The van der Waals surface area contributed by atoms with Crippen LogP contribution in [0, 0.1) is 0 Å². The monoisotopic (exact) mass is 328 g/mol. The third-order valence-electron chi connectivity index (χ3n) is 3.53. The fourth-order valence-electron chi connectivity index (χ4n) is 2.38. The number of rotatable bonds is 7. The van der Waals surface area contributed by atoms with E-state index in [9.17, 15) is 4.79 Å². The molecule has 6 heteroatoms. The zero-order valence-corrected chi connectivity index (χ0v) is 13.7. The van der Waals surface area contributed by atoms with Crippen LogP contribution in [0.25, 0.3) is 0 Å². The molecule has 124 valence electrons. The van der Waals surface area contributed by atoms with Crippen molar-refractivity contribution >= 4 is 18.3 Å². The minimum Gasteiger partial charge on any atom is -0.375 e. The summed E-state index contributed by atoms with van der Waals surface area (Å²) in [5.41, 5.74) is 6.67. The summed E-state index contributed by atoms with van der Waals surface area (Å²) in [5.74, 6) is -0.0678. The van der Waals surface area contributed by atoms with Gasteiger partial charge >= 0.3 is 0 Å². The molecule has 1 unspecified atom stereocenters. The predicted molar refractivity (Wildman–Crippen MR) is 87.9 cm³/mol. The average Bonchev–Trinajstić information content (AvgIpc) is 2.97. The number of hydrogen-bond donors (Lipinski definition) is 2. The van der Waals surface area contributed by atoms with Gasteiger partial charge in [0.15, 0.2) is 0 Å². The smallest absolute Gasteiger partial charge is 0.249 e. The molecule has 1 heterocycles. The van der Waals surface area contributed by atoms with Gasteiger partial charge < -0.3 is 20.5 Å². The van der Waals surface area contributed by atoms with Crippen molar-refractivity contribution in [3.05, 3.63) is 35.9 Å². The summed E-state index contributed by atoms with van der Waals surface area (Å²) in [4.78, 5) is 12.0. The fraction of sp³-hybridized carbons (Fsp3) is 0.562. The summed E-state index contributed by atoms with van der Waals surface area (Å²) in [6.07, 6.45) is 1.25. The number of ether oxygens (including phenoxy) is 2. The maximum absolute atomic E-state index is 12.0. The molecule has 1 aromatic carbocycles. The first-order chi connectivity index (χ1) is 10.2. The third kappa shape index (κ3) is 5.93. The highest BCUT2D eigenvalue weighted by Gasteiger charge is 2.30. The van der Waals surface area contributed by atoms with Crippen LogP contribution in [-0.4, -0.2) is 37.3 Å². The van der Waals surface area contributed by atoms with Gasteiger partial charge in [-0.05, 0) is 25.3 Å². The Morgan fingerprint density at radius 1 is 1.41 bits per heavy atom. The van der Waals surface area contributed by atoms with E-state index in [0.717, 1.165) is 18.4 Å². The third-order valence-corrected chi connectivity index (χ3v) is 3.53. The molecule has 2 rings (SSSR count). The highest BCUT2D eigenvalue weighted by atomic mass is 35.5. The van der Waals surface area contributed by atoms with Crippen molar-refractivity contribution in [2.45, 2.75) is 44.6 Å². The van der Waals surface area contributed by atoms with Crippen molar-refractivity contribution in [2.75, 3.05) is 13.2 Å². The van der Waals surface area contributed by atoms with E-state index in [1.54, 1.807) is 0 Å². The standard InChI is InChI=1S/C16H24N2O3.ClH/c1-12(10-20-11-13-5-3-2-4-6-13)18-16(19)15-8-7-14(9-17)21-15;/h2-6,12,14-15H,7-11,17H2,1H3,(H,18,19);1H/t12?,14-,15+;/m1./s1. The Balaban J connectivity index is 0.00000242. The summed E-state index contributed by atoms with van der Waals surface area (Å²) >= 11 is 0. The second-order valence-electron chi connectivity index (χ2n) is 5.47. The molecule has 0 radical (unpaired) electrons. The molecule has 1 aliphatic heterocycles. The van der Waals surface area contributed by atoms with E-state index in [-0.39, 0.29) is 36.6 Å². The molecule has 1 aliphatic rings. The maximum Gasteiger partial charge on any atom is 0.249 e. The van der Waals surface area contributed by atoms with Crippen molar-refractivity contribution in [1.82, 2.24) is 5.32 Å². The van der Waals surface area contributed by atoms with Crippen LogP contribution in [0.4, 0.5) is 0 Å². The number of benzene rings is 1. The van der Waals surface area contributed by atoms with Crippen LogP contribution in [0.2, 0.25) is 0 Å². The normalized spacial score (nSPS) is 21.9. The Hall–Kier alpha value is -1.14. The number of nitrogens with one attached hydrogen (secondary N) is 1. The highest BCUT2D eigenvalue weighted by Crippen LogP contribution is 2.18. The lowest BCUT2D eigenvalue weighted by Gasteiger charge is -2.17. The van der Waals surface area contributed by atoms with Crippen molar-refractivity contribution in [1.29, 1.82) is 0 Å². The molecule has 5 nitrogen and oxygen atoms in total. The highest BCUT2D eigenvalue weighted by molar-refractivity contribution is 5.85. The largest absolute Gasteiger partial charge is 0.375 e. The van der Waals surface area contributed by atoms with Crippen LogP contribution in [0.5, 0.6) is 0 Å². The molecule has 0 saturated carbocycles. The Morgan fingerprint density at radius 2 is 2.14 bits per heavy atom. The number of carbonyl (C=O) groups excluding carboxylic acids is 1. The lowest BCUT2D eigenvalue weighted by Crippen LogP contribution is -2.42.